The minimum Gasteiger partial charge on any atom is -0.357 e. The molecule has 1 amide bonds. The second kappa shape index (κ2) is 10.0. The number of halogens is 1. The van der Waals surface area contributed by atoms with Crippen LogP contribution in [0.5, 0.6) is 0 Å². The molecule has 1 aromatic heterocycles. The number of aliphatic imine (C=N–C) groups is 1. The van der Waals surface area contributed by atoms with E-state index in [1.54, 1.807) is 6.20 Å². The zero-order valence-corrected chi connectivity index (χ0v) is 18.6. The first kappa shape index (κ1) is 21.4. The SMILES string of the molecule is CCNC(=NCC(=O)N1CCCc2ccccc21)NC1CCN(c2ncccc2Cl)C1. The molecule has 3 heterocycles. The van der Waals surface area contributed by atoms with E-state index in [9.17, 15) is 4.79 Å². The van der Waals surface area contributed by atoms with Gasteiger partial charge in [-0.1, -0.05) is 29.8 Å². The van der Waals surface area contributed by atoms with Gasteiger partial charge in [0.05, 0.1) is 5.02 Å². The molecule has 0 radical (unpaired) electrons. The lowest BCUT2D eigenvalue weighted by Crippen LogP contribution is -2.45. The van der Waals surface area contributed by atoms with Crippen LogP contribution in [0, 0.1) is 0 Å². The van der Waals surface area contributed by atoms with E-state index in [4.69, 9.17) is 11.6 Å². The highest BCUT2D eigenvalue weighted by Gasteiger charge is 2.26. The maximum Gasteiger partial charge on any atom is 0.248 e. The van der Waals surface area contributed by atoms with Crippen LogP contribution in [0.2, 0.25) is 5.02 Å². The molecule has 1 aromatic carbocycles. The number of nitrogens with one attached hydrogen (secondary N) is 2. The van der Waals surface area contributed by atoms with Crippen molar-refractivity contribution in [3.8, 4) is 0 Å². The smallest absolute Gasteiger partial charge is 0.248 e. The first-order chi connectivity index (χ1) is 15.2. The number of hydrogen-bond acceptors (Lipinski definition) is 4. The van der Waals surface area contributed by atoms with Gasteiger partial charge in [-0.2, -0.15) is 0 Å². The molecule has 31 heavy (non-hydrogen) atoms. The van der Waals surface area contributed by atoms with Crippen LogP contribution in [-0.2, 0) is 11.2 Å². The van der Waals surface area contributed by atoms with E-state index in [0.29, 0.717) is 11.0 Å². The third-order valence-electron chi connectivity index (χ3n) is 5.70. The Morgan fingerprint density at radius 2 is 2.13 bits per heavy atom. The Morgan fingerprint density at radius 1 is 1.26 bits per heavy atom. The molecule has 164 valence electrons. The van der Waals surface area contributed by atoms with Gasteiger partial charge in [0.25, 0.3) is 0 Å². The zero-order chi connectivity index (χ0) is 21.6. The molecule has 1 saturated heterocycles. The second-order valence-corrected chi connectivity index (χ2v) is 8.26. The average molecular weight is 441 g/mol. The summed E-state index contributed by atoms with van der Waals surface area (Å²) in [5.74, 6) is 1.51. The van der Waals surface area contributed by atoms with Gasteiger partial charge in [-0.3, -0.25) is 4.79 Å². The normalized spacial score (nSPS) is 18.6. The number of amides is 1. The molecule has 0 spiro atoms. The largest absolute Gasteiger partial charge is 0.357 e. The number of para-hydroxylation sites is 1. The van der Waals surface area contributed by atoms with E-state index in [1.807, 2.05) is 42.2 Å². The Balaban J connectivity index is 1.38. The zero-order valence-electron chi connectivity index (χ0n) is 17.9. The van der Waals surface area contributed by atoms with Gasteiger partial charge in [0.1, 0.15) is 12.4 Å². The van der Waals surface area contributed by atoms with E-state index < -0.39 is 0 Å². The topological polar surface area (TPSA) is 72.9 Å². The molecule has 2 aliphatic rings. The number of rotatable bonds is 5. The summed E-state index contributed by atoms with van der Waals surface area (Å²) in [5.41, 5.74) is 2.25. The molecule has 2 N–H and O–H groups in total. The number of carbonyl (C=O) groups is 1. The van der Waals surface area contributed by atoms with Crippen LogP contribution in [-0.4, -0.2) is 55.6 Å². The first-order valence-electron chi connectivity index (χ1n) is 10.9. The van der Waals surface area contributed by atoms with Gasteiger partial charge in [-0.25, -0.2) is 9.98 Å². The molecule has 1 atom stereocenters. The molecule has 0 saturated carbocycles. The van der Waals surface area contributed by atoms with E-state index in [2.05, 4.69) is 31.6 Å². The molecule has 2 aliphatic heterocycles. The van der Waals surface area contributed by atoms with Crippen LogP contribution in [0.15, 0.2) is 47.6 Å². The quantitative estimate of drug-likeness (QED) is 0.552. The van der Waals surface area contributed by atoms with Crippen molar-refractivity contribution in [1.29, 1.82) is 0 Å². The number of benzene rings is 1. The second-order valence-electron chi connectivity index (χ2n) is 7.86. The molecular weight excluding hydrogens is 412 g/mol. The van der Waals surface area contributed by atoms with Crippen LogP contribution in [0.25, 0.3) is 0 Å². The van der Waals surface area contributed by atoms with Gasteiger partial charge >= 0.3 is 0 Å². The molecule has 1 fully saturated rings. The number of carbonyl (C=O) groups excluding carboxylic acids is 1. The predicted octanol–water partition coefficient (Wildman–Crippen LogP) is 2.85. The molecule has 7 nitrogen and oxygen atoms in total. The first-order valence-corrected chi connectivity index (χ1v) is 11.3. The molecule has 0 bridgehead atoms. The Kier molecular flexibility index (Phi) is 6.92. The minimum atomic E-state index is 0.0256. The van der Waals surface area contributed by atoms with Crippen molar-refractivity contribution < 1.29 is 4.79 Å². The number of anilines is 2. The average Bonchev–Trinajstić information content (AvgIpc) is 3.25. The fourth-order valence-corrected chi connectivity index (χ4v) is 4.46. The van der Waals surface area contributed by atoms with Crippen LogP contribution < -0.4 is 20.4 Å². The third-order valence-corrected chi connectivity index (χ3v) is 5.99. The van der Waals surface area contributed by atoms with Gasteiger partial charge in [-0.05, 0) is 49.9 Å². The molecule has 1 unspecified atom stereocenters. The van der Waals surface area contributed by atoms with Crippen LogP contribution in [0.1, 0.15) is 25.3 Å². The number of nitrogens with zero attached hydrogens (tertiary/aromatic N) is 4. The standard InChI is InChI=1S/C23H29ClN6O/c1-2-25-23(28-18-11-14-29(16-18)22-19(24)9-5-12-26-22)27-15-21(31)30-13-6-8-17-7-3-4-10-20(17)30/h3-5,7,9-10,12,18H,2,6,8,11,13-16H2,1H3,(H2,25,27,28). The van der Waals surface area contributed by atoms with Crippen molar-refractivity contribution in [2.24, 2.45) is 4.99 Å². The Bertz CT molecular complexity index is 949. The summed E-state index contributed by atoms with van der Waals surface area (Å²) >= 11 is 6.30. The van der Waals surface area contributed by atoms with Crippen LogP contribution in [0.4, 0.5) is 11.5 Å². The maximum absolute atomic E-state index is 12.9. The van der Waals surface area contributed by atoms with Crippen LogP contribution >= 0.6 is 11.6 Å². The number of aromatic nitrogens is 1. The van der Waals surface area contributed by atoms with Crippen molar-refractivity contribution in [2.75, 3.05) is 42.5 Å². The fraction of sp³-hybridized carbons (Fsp3) is 0.435. The van der Waals surface area contributed by atoms with Gasteiger partial charge in [0.15, 0.2) is 5.96 Å². The van der Waals surface area contributed by atoms with Gasteiger partial charge in [0, 0.05) is 44.1 Å². The number of guanidine groups is 1. The number of aryl methyl sites for hydroxylation is 1. The summed E-state index contributed by atoms with van der Waals surface area (Å²) in [6.07, 6.45) is 4.72. The van der Waals surface area contributed by atoms with Gasteiger partial charge < -0.3 is 20.4 Å². The summed E-state index contributed by atoms with van der Waals surface area (Å²) in [6, 6.07) is 12.0. The Morgan fingerprint density at radius 3 is 2.97 bits per heavy atom. The maximum atomic E-state index is 12.9. The van der Waals surface area contributed by atoms with Crippen molar-refractivity contribution in [2.45, 2.75) is 32.2 Å². The molecule has 0 aliphatic carbocycles. The van der Waals surface area contributed by atoms with Gasteiger partial charge in [0.2, 0.25) is 5.91 Å². The van der Waals surface area contributed by atoms with Crippen molar-refractivity contribution >= 4 is 35.0 Å². The van der Waals surface area contributed by atoms with Crippen molar-refractivity contribution in [1.82, 2.24) is 15.6 Å². The summed E-state index contributed by atoms with van der Waals surface area (Å²) < 4.78 is 0. The lowest BCUT2D eigenvalue weighted by molar-refractivity contribution is -0.117. The number of pyridine rings is 1. The van der Waals surface area contributed by atoms with Crippen molar-refractivity contribution in [3.05, 3.63) is 53.2 Å². The molecule has 2 aromatic rings. The molecular formula is C23H29ClN6O. The lowest BCUT2D eigenvalue weighted by atomic mass is 10.0. The van der Waals surface area contributed by atoms with Crippen molar-refractivity contribution in [3.63, 3.8) is 0 Å². The van der Waals surface area contributed by atoms with Gasteiger partial charge in [-0.15, -0.1) is 0 Å². The molecule has 4 rings (SSSR count). The van der Waals surface area contributed by atoms with E-state index in [1.165, 1.54) is 5.56 Å². The highest BCUT2D eigenvalue weighted by Crippen LogP contribution is 2.27. The Labute approximate surface area is 188 Å². The Hall–Kier alpha value is -2.80. The summed E-state index contributed by atoms with van der Waals surface area (Å²) in [7, 11) is 0. The van der Waals surface area contributed by atoms with E-state index in [-0.39, 0.29) is 18.5 Å². The summed E-state index contributed by atoms with van der Waals surface area (Å²) in [6.45, 7) is 5.28. The highest BCUT2D eigenvalue weighted by molar-refractivity contribution is 6.32. The summed E-state index contributed by atoms with van der Waals surface area (Å²) in [4.78, 5) is 26.0. The number of hydrogen-bond donors (Lipinski definition) is 2. The van der Waals surface area contributed by atoms with E-state index >= 15 is 0 Å². The van der Waals surface area contributed by atoms with Crippen LogP contribution in [0.3, 0.4) is 0 Å². The lowest BCUT2D eigenvalue weighted by Gasteiger charge is -2.29. The minimum absolute atomic E-state index is 0.0256. The monoisotopic (exact) mass is 440 g/mol. The highest BCUT2D eigenvalue weighted by atomic mass is 35.5. The fourth-order valence-electron chi connectivity index (χ4n) is 4.22. The summed E-state index contributed by atoms with van der Waals surface area (Å²) in [5, 5.41) is 7.39. The van der Waals surface area contributed by atoms with E-state index in [0.717, 1.165) is 56.9 Å². The predicted molar refractivity (Wildman–Crippen MR) is 126 cm³/mol. The third kappa shape index (κ3) is 5.10. The molecule has 8 heteroatoms. The number of fused-ring (bicyclic) bond motifs is 1.